The smallest absolute Gasteiger partial charge is 0.380 e. The number of rotatable bonds is 2. The van der Waals surface area contributed by atoms with Gasteiger partial charge in [-0.3, -0.25) is 4.79 Å². The van der Waals surface area contributed by atoms with Crippen LogP contribution in [0.3, 0.4) is 0 Å². The Morgan fingerprint density at radius 2 is 1.54 bits per heavy atom. The molecule has 0 atom stereocenters. The highest BCUT2D eigenvalue weighted by Crippen LogP contribution is 2.53. The number of carbonyl (C=O) groups is 1. The second kappa shape index (κ2) is 6.15. The summed E-state index contributed by atoms with van der Waals surface area (Å²) in [5, 5.41) is 9.87. The summed E-state index contributed by atoms with van der Waals surface area (Å²) < 4.78 is 65.2. The molecule has 0 radical (unpaired) electrons. The molecule has 1 aromatic rings. The van der Waals surface area contributed by atoms with Crippen LogP contribution in [-0.2, 0) is 4.79 Å². The minimum absolute atomic E-state index is 0.00752. The minimum atomic E-state index is -4.69. The van der Waals surface area contributed by atoms with Crippen molar-refractivity contribution in [3.05, 3.63) is 29.8 Å². The summed E-state index contributed by atoms with van der Waals surface area (Å²) >= 11 is 0. The number of hydrogen-bond donors (Lipinski definition) is 1. The molecule has 1 aromatic carbocycles. The Balaban J connectivity index is 1.44. The van der Waals surface area contributed by atoms with Gasteiger partial charge in [-0.15, -0.1) is 0 Å². The van der Waals surface area contributed by atoms with Crippen LogP contribution in [0.4, 0.5) is 27.6 Å². The van der Waals surface area contributed by atoms with Crippen molar-refractivity contribution in [3.8, 4) is 0 Å². The Bertz CT molecular complexity index is 758. The van der Waals surface area contributed by atoms with Crippen molar-refractivity contribution < 1.29 is 31.9 Å². The first kappa shape index (κ1) is 19.6. The number of amides is 1. The third-order valence-electron chi connectivity index (χ3n) is 6.84. The maximum atomic E-state index is 13.0. The number of carbonyl (C=O) groups excluding carboxylic acids is 1. The summed E-state index contributed by atoms with van der Waals surface area (Å²) in [5.41, 5.74) is -2.12. The lowest BCUT2D eigenvalue weighted by Gasteiger charge is -2.41. The van der Waals surface area contributed by atoms with Crippen LogP contribution in [0.1, 0.15) is 56.4 Å². The Labute approximate surface area is 159 Å². The fourth-order valence-electron chi connectivity index (χ4n) is 4.78. The Morgan fingerprint density at radius 1 is 0.964 bits per heavy atom. The predicted octanol–water partition coefficient (Wildman–Crippen LogP) is 4.79. The third kappa shape index (κ3) is 3.09. The van der Waals surface area contributed by atoms with Gasteiger partial charge in [-0.25, -0.2) is 8.78 Å². The summed E-state index contributed by atoms with van der Waals surface area (Å²) in [6.07, 6.45) is -5.49. The maximum absolute atomic E-state index is 13.0. The number of anilines is 1. The molecule has 3 nitrogen and oxygen atoms in total. The number of alkyl halides is 5. The van der Waals surface area contributed by atoms with Crippen molar-refractivity contribution in [2.24, 2.45) is 5.41 Å². The van der Waals surface area contributed by atoms with E-state index in [4.69, 9.17) is 0 Å². The summed E-state index contributed by atoms with van der Waals surface area (Å²) in [5.74, 6) is -2.98. The van der Waals surface area contributed by atoms with E-state index in [1.807, 2.05) is 0 Å². The van der Waals surface area contributed by atoms with Crippen molar-refractivity contribution in [1.29, 1.82) is 0 Å². The zero-order chi connectivity index (χ0) is 20.4. The molecule has 1 spiro atoms. The molecular weight excluding hydrogens is 381 g/mol. The largest absolute Gasteiger partial charge is 0.417 e. The summed E-state index contributed by atoms with van der Waals surface area (Å²) in [6, 6.07) is 6.93. The van der Waals surface area contributed by atoms with Gasteiger partial charge in [0.15, 0.2) is 5.60 Å². The van der Waals surface area contributed by atoms with Gasteiger partial charge in [0.1, 0.15) is 0 Å². The second-order valence-electron chi connectivity index (χ2n) is 8.57. The van der Waals surface area contributed by atoms with Crippen molar-refractivity contribution in [2.75, 3.05) is 11.4 Å². The van der Waals surface area contributed by atoms with Crippen LogP contribution < -0.4 is 4.90 Å². The summed E-state index contributed by atoms with van der Waals surface area (Å²) in [4.78, 5) is 14.5. The van der Waals surface area contributed by atoms with E-state index in [9.17, 15) is 31.9 Å². The van der Waals surface area contributed by atoms with Crippen LogP contribution in [0, 0.1) is 5.41 Å². The Kier molecular flexibility index (Phi) is 4.30. The van der Waals surface area contributed by atoms with E-state index in [1.54, 1.807) is 29.2 Å². The van der Waals surface area contributed by atoms with E-state index < -0.39 is 36.0 Å². The number of hydrogen-bond acceptors (Lipinski definition) is 2. The van der Waals surface area contributed by atoms with Crippen LogP contribution in [0.25, 0.3) is 0 Å². The predicted molar refractivity (Wildman–Crippen MR) is 92.2 cm³/mol. The van der Waals surface area contributed by atoms with E-state index in [0.29, 0.717) is 18.7 Å². The average Bonchev–Trinajstić information content (AvgIpc) is 2.92. The van der Waals surface area contributed by atoms with Crippen molar-refractivity contribution in [1.82, 2.24) is 0 Å². The van der Waals surface area contributed by atoms with Crippen LogP contribution in [0.15, 0.2) is 24.3 Å². The molecule has 8 heteroatoms. The molecule has 1 aliphatic heterocycles. The van der Waals surface area contributed by atoms with Crippen molar-refractivity contribution >= 4 is 11.6 Å². The van der Waals surface area contributed by atoms with Crippen molar-refractivity contribution in [2.45, 2.75) is 68.6 Å². The van der Waals surface area contributed by atoms with Gasteiger partial charge in [0, 0.05) is 25.1 Å². The summed E-state index contributed by atoms with van der Waals surface area (Å²) in [6.45, 7) is 0.407. The fraction of sp³-hybridized carbons (Fsp3) is 0.650. The highest BCUT2D eigenvalue weighted by molar-refractivity contribution is 6.00. The molecule has 154 valence electrons. The molecular formula is C20H22F5NO2. The average molecular weight is 403 g/mol. The molecule has 28 heavy (non-hydrogen) atoms. The standard InChI is InChI=1S/C20H22F5NO2/c21-19(22)11-14(12-19)13-1-3-15(4-2-13)26-10-9-17(16(26)27)5-7-18(28,8-6-17)20(23,24)25/h1-4,14,28H,5-12H2. The lowest BCUT2D eigenvalue weighted by molar-refractivity contribution is -0.274. The van der Waals surface area contributed by atoms with Gasteiger partial charge >= 0.3 is 6.18 Å². The molecule has 2 saturated carbocycles. The number of benzene rings is 1. The van der Waals surface area contributed by atoms with Crippen molar-refractivity contribution in [3.63, 3.8) is 0 Å². The molecule has 0 bridgehead atoms. The molecule has 3 fully saturated rings. The van der Waals surface area contributed by atoms with E-state index in [2.05, 4.69) is 0 Å². The van der Waals surface area contributed by atoms with Gasteiger partial charge in [-0.05, 0) is 55.7 Å². The zero-order valence-electron chi connectivity index (χ0n) is 15.2. The third-order valence-corrected chi connectivity index (χ3v) is 6.84. The molecule has 1 heterocycles. The Hall–Kier alpha value is -1.70. The van der Waals surface area contributed by atoms with E-state index in [-0.39, 0.29) is 37.5 Å². The van der Waals surface area contributed by atoms with Gasteiger partial charge in [0.05, 0.1) is 5.41 Å². The molecule has 1 amide bonds. The van der Waals surface area contributed by atoms with Gasteiger partial charge < -0.3 is 10.0 Å². The van der Waals surface area contributed by atoms with Crippen LogP contribution >= 0.6 is 0 Å². The first-order chi connectivity index (χ1) is 12.9. The topological polar surface area (TPSA) is 40.5 Å². The van der Waals surface area contributed by atoms with Gasteiger partial charge in [0.2, 0.25) is 11.8 Å². The first-order valence-corrected chi connectivity index (χ1v) is 9.54. The number of halogens is 5. The van der Waals surface area contributed by atoms with Crippen LogP contribution in [0.5, 0.6) is 0 Å². The Morgan fingerprint density at radius 3 is 2.04 bits per heavy atom. The van der Waals surface area contributed by atoms with E-state index >= 15 is 0 Å². The van der Waals surface area contributed by atoms with E-state index in [0.717, 1.165) is 5.56 Å². The maximum Gasteiger partial charge on any atom is 0.417 e. The van der Waals surface area contributed by atoms with E-state index in [1.165, 1.54) is 0 Å². The molecule has 4 rings (SSSR count). The lowest BCUT2D eigenvalue weighted by atomic mass is 9.67. The molecule has 1 saturated heterocycles. The first-order valence-electron chi connectivity index (χ1n) is 9.54. The van der Waals surface area contributed by atoms with Gasteiger partial charge in [-0.1, -0.05) is 12.1 Å². The highest BCUT2D eigenvalue weighted by Gasteiger charge is 2.60. The molecule has 0 aromatic heterocycles. The van der Waals surface area contributed by atoms with Crippen LogP contribution in [-0.4, -0.2) is 35.3 Å². The number of aliphatic hydroxyl groups is 1. The van der Waals surface area contributed by atoms with Crippen LogP contribution in [0.2, 0.25) is 0 Å². The fourth-order valence-corrected chi connectivity index (χ4v) is 4.78. The highest BCUT2D eigenvalue weighted by atomic mass is 19.4. The summed E-state index contributed by atoms with van der Waals surface area (Å²) in [7, 11) is 0. The lowest BCUT2D eigenvalue weighted by Crippen LogP contribution is -2.51. The SMILES string of the molecule is O=C1N(c2ccc(C3CC(F)(F)C3)cc2)CCC12CCC(O)(C(F)(F)F)CC2. The normalized spacial score (nSPS) is 26.5. The molecule has 3 aliphatic rings. The quantitative estimate of drug-likeness (QED) is 0.722. The minimum Gasteiger partial charge on any atom is -0.380 e. The number of nitrogens with zero attached hydrogens (tertiary/aromatic N) is 1. The van der Waals surface area contributed by atoms with Gasteiger partial charge in [0.25, 0.3) is 0 Å². The van der Waals surface area contributed by atoms with Gasteiger partial charge in [-0.2, -0.15) is 13.2 Å². The zero-order valence-corrected chi connectivity index (χ0v) is 15.2. The molecule has 0 unspecified atom stereocenters. The molecule has 2 aliphatic carbocycles. The molecule has 1 N–H and O–H groups in total. The monoisotopic (exact) mass is 403 g/mol. The second-order valence-corrected chi connectivity index (χ2v) is 8.57.